The second-order valence-electron chi connectivity index (χ2n) is 8.62. The predicted octanol–water partition coefficient (Wildman–Crippen LogP) is 4.90. The van der Waals surface area contributed by atoms with Crippen LogP contribution in [0.5, 0.6) is 17.2 Å². The van der Waals surface area contributed by atoms with Gasteiger partial charge in [0, 0.05) is 30.1 Å². The van der Waals surface area contributed by atoms with Gasteiger partial charge in [-0.05, 0) is 60.5 Å². The number of aliphatic hydroxyl groups excluding tert-OH is 1. The van der Waals surface area contributed by atoms with E-state index in [0.717, 1.165) is 18.4 Å². The second-order valence-corrected chi connectivity index (χ2v) is 8.62. The van der Waals surface area contributed by atoms with Gasteiger partial charge < -0.3 is 24.2 Å². The van der Waals surface area contributed by atoms with Crippen LogP contribution < -0.4 is 14.2 Å². The van der Waals surface area contributed by atoms with Crippen molar-refractivity contribution in [2.75, 3.05) is 20.8 Å². The maximum atomic E-state index is 13.4. The number of carbonyl (C=O) groups is 2. The zero-order valence-corrected chi connectivity index (χ0v) is 21.1. The molecule has 8 nitrogen and oxygen atoms in total. The Morgan fingerprint density at radius 3 is 2.43 bits per heavy atom. The Morgan fingerprint density at radius 2 is 1.78 bits per heavy atom. The van der Waals surface area contributed by atoms with Crippen molar-refractivity contribution in [2.45, 2.75) is 32.4 Å². The molecule has 1 aromatic heterocycles. The first-order chi connectivity index (χ1) is 18.0. The molecule has 0 radical (unpaired) electrons. The quantitative estimate of drug-likeness (QED) is 0.182. The first-order valence-corrected chi connectivity index (χ1v) is 12.1. The summed E-state index contributed by atoms with van der Waals surface area (Å²) in [6.07, 6.45) is 5.22. The molecule has 0 aliphatic carbocycles. The van der Waals surface area contributed by atoms with Crippen molar-refractivity contribution in [2.24, 2.45) is 0 Å². The normalized spacial score (nSPS) is 16.6. The fraction of sp³-hybridized carbons (Fsp3) is 0.276. The predicted molar refractivity (Wildman–Crippen MR) is 138 cm³/mol. The van der Waals surface area contributed by atoms with E-state index >= 15 is 0 Å². The summed E-state index contributed by atoms with van der Waals surface area (Å²) in [5.74, 6) is -0.139. The number of ether oxygens (including phenoxy) is 3. The van der Waals surface area contributed by atoms with Crippen LogP contribution in [0.15, 0.2) is 72.6 Å². The first-order valence-electron chi connectivity index (χ1n) is 12.1. The average Bonchev–Trinajstić information content (AvgIpc) is 3.18. The molecule has 1 fully saturated rings. The van der Waals surface area contributed by atoms with Crippen LogP contribution in [0.25, 0.3) is 5.76 Å². The first kappa shape index (κ1) is 25.8. The molecule has 1 saturated heterocycles. The number of aromatic nitrogens is 1. The molecule has 0 saturated carbocycles. The molecule has 1 aliphatic rings. The van der Waals surface area contributed by atoms with E-state index in [9.17, 15) is 14.7 Å². The van der Waals surface area contributed by atoms with Crippen molar-refractivity contribution in [3.8, 4) is 17.2 Å². The van der Waals surface area contributed by atoms with Crippen LogP contribution in [0.1, 0.15) is 42.5 Å². The van der Waals surface area contributed by atoms with Crippen molar-refractivity contribution < 1.29 is 28.9 Å². The number of likely N-dealkylation sites (tertiary alicyclic amines) is 1. The number of nitrogens with zero attached hydrogens (tertiary/aromatic N) is 2. The van der Waals surface area contributed by atoms with Crippen molar-refractivity contribution in [1.29, 1.82) is 0 Å². The summed E-state index contributed by atoms with van der Waals surface area (Å²) in [5, 5.41) is 11.4. The molecule has 2 heterocycles. The third-order valence-electron chi connectivity index (χ3n) is 6.24. The van der Waals surface area contributed by atoms with Crippen molar-refractivity contribution in [3.05, 3.63) is 89.3 Å². The number of carbonyl (C=O) groups excluding carboxylic acids is 2. The summed E-state index contributed by atoms with van der Waals surface area (Å²) in [6, 6.07) is 14.6. The number of unbranched alkanes of at least 4 members (excludes halogenated alkanes) is 1. The minimum Gasteiger partial charge on any atom is -0.507 e. The minimum absolute atomic E-state index is 0.0277. The molecule has 1 atom stereocenters. The van der Waals surface area contributed by atoms with Gasteiger partial charge in [0.15, 0.2) is 0 Å². The molecular formula is C29H30N2O6. The average molecular weight is 503 g/mol. The van der Waals surface area contributed by atoms with Crippen molar-refractivity contribution in [1.82, 2.24) is 9.88 Å². The van der Waals surface area contributed by atoms with Gasteiger partial charge in [-0.15, -0.1) is 0 Å². The van der Waals surface area contributed by atoms with Gasteiger partial charge in [0.25, 0.3) is 11.7 Å². The molecule has 3 aromatic rings. The summed E-state index contributed by atoms with van der Waals surface area (Å²) in [6.45, 7) is 2.79. The Morgan fingerprint density at radius 1 is 1.03 bits per heavy atom. The fourth-order valence-electron chi connectivity index (χ4n) is 4.31. The molecule has 1 aliphatic heterocycles. The number of pyridine rings is 1. The Labute approximate surface area is 216 Å². The van der Waals surface area contributed by atoms with E-state index in [1.54, 1.807) is 60.9 Å². The molecule has 1 unspecified atom stereocenters. The summed E-state index contributed by atoms with van der Waals surface area (Å²) >= 11 is 0. The zero-order valence-electron chi connectivity index (χ0n) is 21.1. The van der Waals surface area contributed by atoms with Crippen molar-refractivity contribution in [3.63, 3.8) is 0 Å². The highest BCUT2D eigenvalue weighted by Crippen LogP contribution is 2.44. The summed E-state index contributed by atoms with van der Waals surface area (Å²) in [4.78, 5) is 32.2. The molecule has 4 rings (SSSR count). The highest BCUT2D eigenvalue weighted by atomic mass is 16.5. The lowest BCUT2D eigenvalue weighted by Crippen LogP contribution is -2.29. The highest BCUT2D eigenvalue weighted by Gasteiger charge is 2.47. The number of rotatable bonds is 10. The maximum Gasteiger partial charge on any atom is 0.295 e. The van der Waals surface area contributed by atoms with Gasteiger partial charge in [0.05, 0.1) is 32.4 Å². The van der Waals surface area contributed by atoms with Gasteiger partial charge in [0.2, 0.25) is 0 Å². The molecule has 0 bridgehead atoms. The Hall–Kier alpha value is -4.33. The van der Waals surface area contributed by atoms with Gasteiger partial charge in [-0.25, -0.2) is 0 Å². The number of hydrogen-bond donors (Lipinski definition) is 1. The van der Waals surface area contributed by atoms with Crippen LogP contribution in [0.2, 0.25) is 0 Å². The lowest BCUT2D eigenvalue weighted by molar-refractivity contribution is -0.140. The van der Waals surface area contributed by atoms with E-state index in [2.05, 4.69) is 11.9 Å². The lowest BCUT2D eigenvalue weighted by atomic mass is 9.94. The molecule has 0 spiro atoms. The van der Waals surface area contributed by atoms with E-state index in [-0.39, 0.29) is 17.9 Å². The van der Waals surface area contributed by atoms with E-state index in [0.29, 0.717) is 35.0 Å². The number of amides is 1. The van der Waals surface area contributed by atoms with E-state index < -0.39 is 17.7 Å². The molecular weight excluding hydrogens is 472 g/mol. The van der Waals surface area contributed by atoms with E-state index in [1.165, 1.54) is 19.1 Å². The minimum atomic E-state index is -0.911. The van der Waals surface area contributed by atoms with Crippen LogP contribution in [0.3, 0.4) is 0 Å². The van der Waals surface area contributed by atoms with Gasteiger partial charge in [-0.3, -0.25) is 14.6 Å². The smallest absolute Gasteiger partial charge is 0.295 e. The summed E-state index contributed by atoms with van der Waals surface area (Å²) in [5.41, 5.74) is 1.63. The third-order valence-corrected chi connectivity index (χ3v) is 6.24. The summed E-state index contributed by atoms with van der Waals surface area (Å²) in [7, 11) is 3.04. The fourth-order valence-corrected chi connectivity index (χ4v) is 4.31. The van der Waals surface area contributed by atoms with Gasteiger partial charge in [-0.1, -0.05) is 19.4 Å². The second kappa shape index (κ2) is 11.6. The Bertz CT molecular complexity index is 1290. The molecule has 2 aromatic carbocycles. The number of Topliss-reactive ketones (excluding diaryl/α,β-unsaturated/α-hetero) is 1. The van der Waals surface area contributed by atoms with Crippen LogP contribution in [0, 0.1) is 0 Å². The molecule has 8 heteroatoms. The standard InChI is InChI=1S/C29H30N2O6/c1-4-5-15-37-21-10-8-20(9-11-21)27(32)25-26(23-16-22(35-2)12-13-24(23)36-3)31(29(34)28(25)33)18-19-7-6-14-30-17-19/h6-14,16-17,26,32H,4-5,15,18H2,1-3H3/b27-25-. The summed E-state index contributed by atoms with van der Waals surface area (Å²) < 4.78 is 16.7. The van der Waals surface area contributed by atoms with Crippen molar-refractivity contribution >= 4 is 17.4 Å². The van der Waals surface area contributed by atoms with Gasteiger partial charge in [-0.2, -0.15) is 0 Å². The topological polar surface area (TPSA) is 98.2 Å². The van der Waals surface area contributed by atoms with E-state index in [1.807, 2.05) is 6.07 Å². The number of methoxy groups -OCH3 is 2. The monoisotopic (exact) mass is 502 g/mol. The molecule has 192 valence electrons. The number of ketones is 1. The number of hydrogen-bond acceptors (Lipinski definition) is 7. The lowest BCUT2D eigenvalue weighted by Gasteiger charge is -2.27. The van der Waals surface area contributed by atoms with E-state index in [4.69, 9.17) is 14.2 Å². The Kier molecular flexibility index (Phi) is 8.08. The number of benzene rings is 2. The van der Waals surface area contributed by atoms with Crippen LogP contribution in [-0.4, -0.2) is 47.5 Å². The third kappa shape index (κ3) is 5.43. The van der Waals surface area contributed by atoms with Crippen LogP contribution >= 0.6 is 0 Å². The molecule has 37 heavy (non-hydrogen) atoms. The van der Waals surface area contributed by atoms with Gasteiger partial charge >= 0.3 is 0 Å². The molecule has 1 amide bonds. The maximum absolute atomic E-state index is 13.4. The highest BCUT2D eigenvalue weighted by molar-refractivity contribution is 6.46. The Balaban J connectivity index is 1.82. The zero-order chi connectivity index (χ0) is 26.4. The van der Waals surface area contributed by atoms with Crippen LogP contribution in [0.4, 0.5) is 0 Å². The van der Waals surface area contributed by atoms with Crippen LogP contribution in [-0.2, 0) is 16.1 Å². The SMILES string of the molecule is CCCCOc1ccc(/C(O)=C2/C(=O)C(=O)N(Cc3cccnc3)C2c2cc(OC)ccc2OC)cc1. The number of aliphatic hydroxyl groups is 1. The van der Waals surface area contributed by atoms with Gasteiger partial charge in [0.1, 0.15) is 23.0 Å². The molecule has 1 N–H and O–H groups in total. The largest absolute Gasteiger partial charge is 0.507 e.